The first-order valence-electron chi connectivity index (χ1n) is 7.71. The number of nitroso groups, excluding NO2 is 1. The Morgan fingerprint density at radius 1 is 0.870 bits per heavy atom. The second-order valence-corrected chi connectivity index (χ2v) is 5.51. The van der Waals surface area contributed by atoms with Gasteiger partial charge in [0, 0.05) is 0 Å². The van der Waals surface area contributed by atoms with Gasteiger partial charge in [-0.3, -0.25) is 4.79 Å². The molecule has 0 radical (unpaired) electrons. The van der Waals surface area contributed by atoms with E-state index in [2.05, 4.69) is 29.6 Å². The van der Waals surface area contributed by atoms with Crippen LogP contribution in [-0.4, -0.2) is 11.0 Å². The number of carbonyl (C=O) groups is 1. The van der Waals surface area contributed by atoms with Gasteiger partial charge in [-0.05, 0) is 42.4 Å². The fourth-order valence-corrected chi connectivity index (χ4v) is 2.43. The van der Waals surface area contributed by atoms with Gasteiger partial charge >= 0.3 is 0 Å². The lowest BCUT2D eigenvalue weighted by Gasteiger charge is -2.07. The predicted molar refractivity (Wildman–Crippen MR) is 90.1 cm³/mol. The number of carbonyl (C=O) groups excluding carboxylic acids is 1. The van der Waals surface area contributed by atoms with Crippen molar-refractivity contribution >= 4 is 5.91 Å². The van der Waals surface area contributed by atoms with Gasteiger partial charge in [-0.2, -0.15) is 0 Å². The molecule has 2 aromatic rings. The van der Waals surface area contributed by atoms with Crippen LogP contribution in [0.2, 0.25) is 0 Å². The summed E-state index contributed by atoms with van der Waals surface area (Å²) in [6, 6.07) is 18.3. The van der Waals surface area contributed by atoms with E-state index in [1.54, 1.807) is 0 Å². The van der Waals surface area contributed by atoms with Crippen molar-refractivity contribution in [3.05, 3.63) is 76.2 Å². The molecule has 120 valence electrons. The maximum Gasteiger partial charge on any atom is 0.264 e. The molecule has 0 heterocycles. The summed E-state index contributed by atoms with van der Waals surface area (Å²) in [6.07, 6.45) is 4.46. The molecule has 0 aliphatic carbocycles. The van der Waals surface area contributed by atoms with E-state index < -0.39 is 5.91 Å². The lowest BCUT2D eigenvalue weighted by Crippen LogP contribution is -2.33. The normalized spacial score (nSPS) is 10.3. The van der Waals surface area contributed by atoms with E-state index in [1.807, 2.05) is 30.3 Å². The third-order valence-electron chi connectivity index (χ3n) is 3.75. The second kappa shape index (κ2) is 8.80. The molecule has 0 aromatic heterocycles. The van der Waals surface area contributed by atoms with Crippen LogP contribution in [0.25, 0.3) is 0 Å². The van der Waals surface area contributed by atoms with Gasteiger partial charge in [-0.15, -0.1) is 10.0 Å². The summed E-state index contributed by atoms with van der Waals surface area (Å²) < 4.78 is 0. The molecule has 5 nitrogen and oxygen atoms in total. The molecule has 23 heavy (non-hydrogen) atoms. The van der Waals surface area contributed by atoms with Crippen molar-refractivity contribution in [3.63, 3.8) is 0 Å². The first kappa shape index (κ1) is 16.8. The van der Waals surface area contributed by atoms with Crippen LogP contribution in [0.5, 0.6) is 0 Å². The molecule has 0 aliphatic heterocycles. The Labute approximate surface area is 136 Å². The van der Waals surface area contributed by atoms with Crippen molar-refractivity contribution in [1.82, 2.24) is 5.12 Å². The highest BCUT2D eigenvalue weighted by Crippen LogP contribution is 2.11. The van der Waals surface area contributed by atoms with Crippen molar-refractivity contribution in [2.45, 2.75) is 32.1 Å². The Hall–Kier alpha value is -2.53. The number of hydrazine groups is 1. The van der Waals surface area contributed by atoms with E-state index in [0.29, 0.717) is 5.12 Å². The Balaban J connectivity index is 1.74. The number of nitrogens with zero attached hydrogens (tertiary/aromatic N) is 2. The van der Waals surface area contributed by atoms with E-state index in [-0.39, 0.29) is 6.42 Å². The zero-order valence-corrected chi connectivity index (χ0v) is 13.0. The Bertz CT molecular complexity index is 626. The Kier molecular flexibility index (Phi) is 6.44. The lowest BCUT2D eigenvalue weighted by molar-refractivity contribution is -0.130. The maximum atomic E-state index is 11.5. The summed E-state index contributed by atoms with van der Waals surface area (Å²) in [4.78, 5) is 21.7. The summed E-state index contributed by atoms with van der Waals surface area (Å²) in [6.45, 7) is 0. The number of benzene rings is 2. The van der Waals surface area contributed by atoms with Crippen LogP contribution in [0.1, 0.15) is 29.5 Å². The molecule has 0 saturated carbocycles. The first-order chi connectivity index (χ1) is 11.2. The number of rotatable bonds is 8. The van der Waals surface area contributed by atoms with Gasteiger partial charge in [-0.1, -0.05) is 54.6 Å². The van der Waals surface area contributed by atoms with Crippen LogP contribution in [0.4, 0.5) is 0 Å². The summed E-state index contributed by atoms with van der Waals surface area (Å²) in [5.74, 6) is 4.61. The Morgan fingerprint density at radius 2 is 1.39 bits per heavy atom. The molecular formula is C18H21N3O2. The minimum atomic E-state index is -0.518. The van der Waals surface area contributed by atoms with Crippen LogP contribution < -0.4 is 5.84 Å². The molecule has 1 amide bonds. The minimum absolute atomic E-state index is 0.0799. The highest BCUT2D eigenvalue weighted by atomic mass is 16.3. The quantitative estimate of drug-likeness (QED) is 0.267. The monoisotopic (exact) mass is 311 g/mol. The van der Waals surface area contributed by atoms with E-state index in [1.165, 1.54) is 11.1 Å². The topological polar surface area (TPSA) is 75.8 Å². The number of amides is 1. The Morgan fingerprint density at radius 3 is 1.96 bits per heavy atom. The fourth-order valence-electron chi connectivity index (χ4n) is 2.43. The van der Waals surface area contributed by atoms with Gasteiger partial charge in [0.1, 0.15) is 0 Å². The molecule has 0 aliphatic rings. The van der Waals surface area contributed by atoms with Crippen LogP contribution >= 0.6 is 0 Å². The third-order valence-corrected chi connectivity index (χ3v) is 3.75. The highest BCUT2D eigenvalue weighted by Gasteiger charge is 2.10. The van der Waals surface area contributed by atoms with Gasteiger partial charge < -0.3 is 0 Å². The summed E-state index contributed by atoms with van der Waals surface area (Å²) in [5.41, 5.74) is 3.44. The average molecular weight is 311 g/mol. The van der Waals surface area contributed by atoms with Gasteiger partial charge in [0.2, 0.25) is 0 Å². The predicted octanol–water partition coefficient (Wildman–Crippen LogP) is 3.18. The maximum absolute atomic E-state index is 11.5. The molecule has 0 atom stereocenters. The van der Waals surface area contributed by atoms with E-state index in [4.69, 9.17) is 5.84 Å². The minimum Gasteiger partial charge on any atom is -0.271 e. The zero-order valence-electron chi connectivity index (χ0n) is 13.0. The number of nitrogens with two attached hydrogens (primary N) is 1. The fraction of sp³-hybridized carbons (Fsp3) is 0.278. The van der Waals surface area contributed by atoms with Crippen LogP contribution in [0, 0.1) is 4.91 Å². The molecule has 0 fully saturated rings. The number of aryl methyl sites for hydroxylation is 2. The van der Waals surface area contributed by atoms with E-state index in [0.717, 1.165) is 31.2 Å². The molecule has 5 heteroatoms. The number of unbranched alkanes of at least 4 members (excludes halogenated alkanes) is 1. The van der Waals surface area contributed by atoms with E-state index >= 15 is 0 Å². The molecule has 2 rings (SSSR count). The molecule has 0 unspecified atom stereocenters. The van der Waals surface area contributed by atoms with Crippen LogP contribution in [-0.2, 0) is 24.1 Å². The van der Waals surface area contributed by atoms with Crippen LogP contribution in [0.15, 0.2) is 59.9 Å². The molecular weight excluding hydrogens is 290 g/mol. The average Bonchev–Trinajstić information content (AvgIpc) is 2.60. The van der Waals surface area contributed by atoms with Crippen molar-refractivity contribution in [2.24, 2.45) is 11.1 Å². The largest absolute Gasteiger partial charge is 0.271 e. The molecule has 2 aromatic carbocycles. The van der Waals surface area contributed by atoms with Crippen molar-refractivity contribution in [3.8, 4) is 0 Å². The van der Waals surface area contributed by atoms with Gasteiger partial charge in [0.25, 0.3) is 5.91 Å². The lowest BCUT2D eigenvalue weighted by atomic mass is 10.0. The van der Waals surface area contributed by atoms with Gasteiger partial charge in [-0.25, -0.2) is 5.84 Å². The van der Waals surface area contributed by atoms with Gasteiger partial charge in [0.15, 0.2) is 0 Å². The smallest absolute Gasteiger partial charge is 0.264 e. The van der Waals surface area contributed by atoms with E-state index in [9.17, 15) is 9.70 Å². The summed E-state index contributed by atoms with van der Waals surface area (Å²) in [7, 11) is 0. The SMILES string of the molecule is NN(N=O)C(=O)Cc1ccc(CCCCc2ccccc2)cc1. The van der Waals surface area contributed by atoms with Crippen molar-refractivity contribution < 1.29 is 4.79 Å². The summed E-state index contributed by atoms with van der Waals surface area (Å²) in [5, 5.41) is 2.72. The highest BCUT2D eigenvalue weighted by molar-refractivity contribution is 5.77. The standard InChI is InChI=1S/C18H21N3O2/c19-21(20-23)18(22)14-17-12-10-16(11-13-17)9-5-4-8-15-6-2-1-3-7-15/h1-3,6-7,10-13H,4-5,8-9,14,19H2. The number of hydrogen-bond acceptors (Lipinski definition) is 4. The molecule has 0 bridgehead atoms. The second-order valence-electron chi connectivity index (χ2n) is 5.51. The summed E-state index contributed by atoms with van der Waals surface area (Å²) >= 11 is 0. The van der Waals surface area contributed by atoms with Crippen molar-refractivity contribution in [1.29, 1.82) is 0 Å². The van der Waals surface area contributed by atoms with Crippen molar-refractivity contribution in [2.75, 3.05) is 0 Å². The number of hydrogen-bond donors (Lipinski definition) is 1. The molecule has 0 spiro atoms. The zero-order chi connectivity index (χ0) is 16.5. The van der Waals surface area contributed by atoms with Crippen LogP contribution in [0.3, 0.4) is 0 Å². The van der Waals surface area contributed by atoms with Gasteiger partial charge in [0.05, 0.1) is 11.7 Å². The molecule has 0 saturated heterocycles. The third kappa shape index (κ3) is 5.64. The first-order valence-corrected chi connectivity index (χ1v) is 7.71. The molecule has 2 N–H and O–H groups in total.